The van der Waals surface area contributed by atoms with Crippen LogP contribution in [0, 0.1) is 0 Å². The zero-order chi connectivity index (χ0) is 12.3. The van der Waals surface area contributed by atoms with Gasteiger partial charge in [0.15, 0.2) is 0 Å². The lowest BCUT2D eigenvalue weighted by atomic mass is 10.2. The molecule has 17 heavy (non-hydrogen) atoms. The van der Waals surface area contributed by atoms with Crippen LogP contribution in [0.25, 0.3) is 0 Å². The van der Waals surface area contributed by atoms with Crippen LogP contribution in [0.3, 0.4) is 0 Å². The molecule has 1 aliphatic rings. The van der Waals surface area contributed by atoms with Crippen molar-refractivity contribution < 1.29 is 13.5 Å². The fourth-order valence-electron chi connectivity index (χ4n) is 1.56. The van der Waals surface area contributed by atoms with Crippen molar-refractivity contribution in [3.63, 3.8) is 0 Å². The summed E-state index contributed by atoms with van der Waals surface area (Å²) in [7, 11) is 0. The highest BCUT2D eigenvalue weighted by molar-refractivity contribution is 7.80. The molecule has 0 saturated heterocycles. The van der Waals surface area contributed by atoms with Gasteiger partial charge < -0.3 is 9.64 Å². The number of alkyl halides is 2. The zero-order valence-electron chi connectivity index (χ0n) is 8.88. The Balaban J connectivity index is 2.26. The van der Waals surface area contributed by atoms with Gasteiger partial charge in [0, 0.05) is 23.7 Å². The molecule has 0 aromatic heterocycles. The first kappa shape index (κ1) is 12.0. The molecule has 0 N–H and O–H groups in total. The first-order valence-electron chi connectivity index (χ1n) is 5.04. The summed E-state index contributed by atoms with van der Waals surface area (Å²) in [5, 5.41) is 0. The molecule has 0 amide bonds. The molecular formula is C12H11F2NOS. The van der Waals surface area contributed by atoms with Crippen LogP contribution in [-0.4, -0.2) is 13.2 Å². The van der Waals surface area contributed by atoms with Crippen LogP contribution in [0.1, 0.15) is 0 Å². The first-order chi connectivity index (χ1) is 8.16. The van der Waals surface area contributed by atoms with Crippen LogP contribution in [0.5, 0.6) is 5.75 Å². The SMILES string of the molecule is FC(F)Oc1ccc(S)c(N2C=CC=CC2)c1. The molecule has 2 rings (SSSR count). The van der Waals surface area contributed by atoms with Gasteiger partial charge >= 0.3 is 6.61 Å². The molecule has 1 heterocycles. The second-order valence-electron chi connectivity index (χ2n) is 3.45. The van der Waals surface area contributed by atoms with E-state index in [0.717, 1.165) is 5.69 Å². The third-order valence-electron chi connectivity index (χ3n) is 2.30. The Morgan fingerprint density at radius 2 is 2.12 bits per heavy atom. The molecule has 2 nitrogen and oxygen atoms in total. The molecule has 0 bridgehead atoms. The van der Waals surface area contributed by atoms with Crippen LogP contribution in [-0.2, 0) is 0 Å². The minimum Gasteiger partial charge on any atom is -0.435 e. The van der Waals surface area contributed by atoms with E-state index in [4.69, 9.17) is 0 Å². The molecule has 0 fully saturated rings. The van der Waals surface area contributed by atoms with Gasteiger partial charge in [-0.2, -0.15) is 8.78 Å². The summed E-state index contributed by atoms with van der Waals surface area (Å²) < 4.78 is 28.6. The zero-order valence-corrected chi connectivity index (χ0v) is 9.78. The van der Waals surface area contributed by atoms with Crippen molar-refractivity contribution in [2.24, 2.45) is 0 Å². The fraction of sp³-hybridized carbons (Fsp3) is 0.167. The summed E-state index contributed by atoms with van der Waals surface area (Å²) in [5.41, 5.74) is 0.743. The van der Waals surface area contributed by atoms with E-state index >= 15 is 0 Å². The maximum absolute atomic E-state index is 12.1. The number of benzene rings is 1. The van der Waals surface area contributed by atoms with Crippen molar-refractivity contribution in [1.82, 2.24) is 0 Å². The Kier molecular flexibility index (Phi) is 3.68. The smallest absolute Gasteiger partial charge is 0.387 e. The molecule has 90 valence electrons. The van der Waals surface area contributed by atoms with Crippen LogP contribution in [0.2, 0.25) is 0 Å². The van der Waals surface area contributed by atoms with E-state index in [-0.39, 0.29) is 5.75 Å². The van der Waals surface area contributed by atoms with Crippen LogP contribution in [0.4, 0.5) is 14.5 Å². The molecule has 1 aliphatic heterocycles. The maximum atomic E-state index is 12.1. The Bertz CT molecular complexity index is 460. The number of nitrogens with zero attached hydrogens (tertiary/aromatic N) is 1. The average molecular weight is 255 g/mol. The topological polar surface area (TPSA) is 12.5 Å². The number of allylic oxidation sites excluding steroid dienone is 2. The maximum Gasteiger partial charge on any atom is 0.387 e. The number of hydrogen-bond acceptors (Lipinski definition) is 3. The highest BCUT2D eigenvalue weighted by atomic mass is 32.1. The third kappa shape index (κ3) is 3.00. The quantitative estimate of drug-likeness (QED) is 0.830. The van der Waals surface area contributed by atoms with Gasteiger partial charge in [-0.05, 0) is 18.2 Å². The monoisotopic (exact) mass is 255 g/mol. The summed E-state index contributed by atoms with van der Waals surface area (Å²) in [5.74, 6) is 0.135. The molecular weight excluding hydrogens is 244 g/mol. The first-order valence-corrected chi connectivity index (χ1v) is 5.49. The number of rotatable bonds is 3. The summed E-state index contributed by atoms with van der Waals surface area (Å²) >= 11 is 4.30. The Morgan fingerprint density at radius 3 is 2.76 bits per heavy atom. The minimum absolute atomic E-state index is 0.135. The lowest BCUT2D eigenvalue weighted by Crippen LogP contribution is -2.18. The minimum atomic E-state index is -2.81. The second-order valence-corrected chi connectivity index (χ2v) is 3.93. The van der Waals surface area contributed by atoms with E-state index in [2.05, 4.69) is 17.4 Å². The molecule has 0 atom stereocenters. The molecule has 0 radical (unpaired) electrons. The molecule has 0 aliphatic carbocycles. The standard InChI is InChI=1S/C12H11F2NOS/c13-12(14)16-9-4-5-11(17)10(8-9)15-6-2-1-3-7-15/h1-6,8,12,17H,7H2. The number of halogens is 2. The van der Waals surface area contributed by atoms with Gasteiger partial charge in [0.2, 0.25) is 0 Å². The van der Waals surface area contributed by atoms with Crippen molar-refractivity contribution >= 4 is 18.3 Å². The largest absolute Gasteiger partial charge is 0.435 e. The molecule has 1 aromatic rings. The van der Waals surface area contributed by atoms with Gasteiger partial charge in [-0.1, -0.05) is 12.2 Å². The van der Waals surface area contributed by atoms with E-state index in [1.807, 2.05) is 29.3 Å². The van der Waals surface area contributed by atoms with Crippen LogP contribution < -0.4 is 9.64 Å². The van der Waals surface area contributed by atoms with E-state index in [0.29, 0.717) is 11.4 Å². The highest BCUT2D eigenvalue weighted by Crippen LogP contribution is 2.30. The van der Waals surface area contributed by atoms with Gasteiger partial charge in [-0.15, -0.1) is 12.6 Å². The summed E-state index contributed by atoms with van der Waals surface area (Å²) in [6.07, 6.45) is 7.63. The normalized spacial score (nSPS) is 14.5. The van der Waals surface area contributed by atoms with E-state index in [9.17, 15) is 8.78 Å². The number of thiol groups is 1. The average Bonchev–Trinajstić information content (AvgIpc) is 2.32. The van der Waals surface area contributed by atoms with E-state index in [1.165, 1.54) is 6.07 Å². The van der Waals surface area contributed by atoms with Crippen molar-refractivity contribution in [3.8, 4) is 5.75 Å². The van der Waals surface area contributed by atoms with Crippen LogP contribution in [0.15, 0.2) is 47.5 Å². The predicted octanol–water partition coefficient (Wildman–Crippen LogP) is 3.47. The number of hydrogen-bond donors (Lipinski definition) is 1. The van der Waals surface area contributed by atoms with Crippen molar-refractivity contribution in [1.29, 1.82) is 0 Å². The fourth-order valence-corrected chi connectivity index (χ4v) is 1.82. The Morgan fingerprint density at radius 1 is 1.29 bits per heavy atom. The molecule has 0 unspecified atom stereocenters. The van der Waals surface area contributed by atoms with Gasteiger partial charge in [0.25, 0.3) is 0 Å². The summed E-state index contributed by atoms with van der Waals surface area (Å²) in [6.45, 7) is -2.13. The summed E-state index contributed by atoms with van der Waals surface area (Å²) in [4.78, 5) is 2.62. The van der Waals surface area contributed by atoms with Crippen molar-refractivity contribution in [2.75, 3.05) is 11.4 Å². The third-order valence-corrected chi connectivity index (χ3v) is 2.67. The number of anilines is 1. The predicted molar refractivity (Wildman–Crippen MR) is 66.0 cm³/mol. The second kappa shape index (κ2) is 5.23. The Hall–Kier alpha value is -1.49. The van der Waals surface area contributed by atoms with Crippen molar-refractivity contribution in [2.45, 2.75) is 11.5 Å². The lowest BCUT2D eigenvalue weighted by Gasteiger charge is -2.22. The lowest BCUT2D eigenvalue weighted by molar-refractivity contribution is -0.0498. The van der Waals surface area contributed by atoms with Gasteiger partial charge in [0.1, 0.15) is 5.75 Å². The van der Waals surface area contributed by atoms with Gasteiger partial charge in [0.05, 0.1) is 5.69 Å². The summed E-state index contributed by atoms with van der Waals surface area (Å²) in [6, 6.07) is 4.67. The highest BCUT2D eigenvalue weighted by Gasteiger charge is 2.11. The molecule has 0 saturated carbocycles. The molecule has 1 aromatic carbocycles. The van der Waals surface area contributed by atoms with E-state index in [1.54, 1.807) is 12.1 Å². The van der Waals surface area contributed by atoms with Crippen molar-refractivity contribution in [3.05, 3.63) is 42.6 Å². The Labute approximate surface area is 104 Å². The van der Waals surface area contributed by atoms with E-state index < -0.39 is 6.61 Å². The van der Waals surface area contributed by atoms with Gasteiger partial charge in [-0.25, -0.2) is 0 Å². The number of ether oxygens (including phenoxy) is 1. The van der Waals surface area contributed by atoms with Gasteiger partial charge in [-0.3, -0.25) is 0 Å². The molecule has 5 heteroatoms. The molecule has 0 spiro atoms. The van der Waals surface area contributed by atoms with Crippen LogP contribution >= 0.6 is 12.6 Å².